The van der Waals surface area contributed by atoms with E-state index >= 15 is 0 Å². The van der Waals surface area contributed by atoms with Gasteiger partial charge in [0.2, 0.25) is 0 Å². The minimum Gasteiger partial charge on any atom is -0.347 e. The number of halogens is 1. The van der Waals surface area contributed by atoms with E-state index in [9.17, 15) is 0 Å². The molecule has 1 saturated heterocycles. The molecule has 2 heterocycles. The second-order valence-electron chi connectivity index (χ2n) is 6.85. The number of nitrogens with zero attached hydrogens (tertiary/aromatic N) is 2. The zero-order valence-corrected chi connectivity index (χ0v) is 13.3. The van der Waals surface area contributed by atoms with Crippen LogP contribution >= 0.6 is 11.6 Å². The Morgan fingerprint density at radius 2 is 2.00 bits per heavy atom. The molecule has 4 rings (SSSR count). The first-order valence-electron chi connectivity index (χ1n) is 7.85. The third-order valence-electron chi connectivity index (χ3n) is 6.02. The second-order valence-corrected chi connectivity index (χ2v) is 7.21. The van der Waals surface area contributed by atoms with Gasteiger partial charge in [0, 0.05) is 23.3 Å². The molecule has 1 aromatic heterocycles. The highest BCUT2D eigenvalue weighted by Crippen LogP contribution is 2.56. The Balaban J connectivity index is 1.76. The Morgan fingerprint density at radius 3 is 2.76 bits per heavy atom. The number of ether oxygens (including phenoxy) is 2. The zero-order chi connectivity index (χ0) is 14.7. The summed E-state index contributed by atoms with van der Waals surface area (Å²) in [5.41, 5.74) is 2.35. The lowest BCUT2D eigenvalue weighted by Gasteiger charge is -2.54. The molecular formula is C16H21ClN2O2. The monoisotopic (exact) mass is 308 g/mol. The van der Waals surface area contributed by atoms with Gasteiger partial charge in [0.15, 0.2) is 5.79 Å². The highest BCUT2D eigenvalue weighted by Gasteiger charge is 2.57. The average Bonchev–Trinajstić information content (AvgIpc) is 2.95. The van der Waals surface area contributed by atoms with Crippen LogP contribution in [0.2, 0.25) is 5.15 Å². The van der Waals surface area contributed by atoms with Crippen molar-refractivity contribution < 1.29 is 9.47 Å². The molecule has 1 spiro atoms. The number of hydrogen-bond acceptors (Lipinski definition) is 4. The molecule has 0 amide bonds. The van der Waals surface area contributed by atoms with Crippen molar-refractivity contribution in [2.75, 3.05) is 13.2 Å². The first-order chi connectivity index (χ1) is 10.1. The van der Waals surface area contributed by atoms with Gasteiger partial charge in [0.25, 0.3) is 0 Å². The lowest BCUT2D eigenvalue weighted by molar-refractivity contribution is -0.234. The van der Waals surface area contributed by atoms with Crippen molar-refractivity contribution in [1.82, 2.24) is 9.97 Å². The molecule has 1 aliphatic heterocycles. The molecule has 2 aliphatic carbocycles. The molecule has 1 saturated carbocycles. The Morgan fingerprint density at radius 1 is 1.24 bits per heavy atom. The van der Waals surface area contributed by atoms with Crippen LogP contribution in [-0.2, 0) is 21.3 Å². The summed E-state index contributed by atoms with van der Waals surface area (Å²) in [4.78, 5) is 8.76. The average molecular weight is 309 g/mol. The van der Waals surface area contributed by atoms with Crippen LogP contribution in [0.5, 0.6) is 0 Å². The Bertz CT molecular complexity index is 573. The van der Waals surface area contributed by atoms with Crippen LogP contribution < -0.4 is 0 Å². The topological polar surface area (TPSA) is 44.2 Å². The molecule has 1 aromatic rings. The predicted octanol–water partition coefficient (Wildman–Crippen LogP) is 3.12. The van der Waals surface area contributed by atoms with Crippen molar-refractivity contribution in [2.45, 2.75) is 50.7 Å². The van der Waals surface area contributed by atoms with Gasteiger partial charge in [-0.1, -0.05) is 25.4 Å². The van der Waals surface area contributed by atoms with Gasteiger partial charge in [-0.15, -0.1) is 0 Å². The van der Waals surface area contributed by atoms with Gasteiger partial charge in [-0.2, -0.15) is 0 Å². The maximum absolute atomic E-state index is 6.29. The maximum atomic E-state index is 6.29. The van der Waals surface area contributed by atoms with Gasteiger partial charge >= 0.3 is 0 Å². The van der Waals surface area contributed by atoms with E-state index < -0.39 is 0 Å². The van der Waals surface area contributed by atoms with E-state index in [1.807, 2.05) is 0 Å². The zero-order valence-electron chi connectivity index (χ0n) is 12.6. The first kappa shape index (κ1) is 13.9. The smallest absolute Gasteiger partial charge is 0.171 e. The summed E-state index contributed by atoms with van der Waals surface area (Å²) >= 11 is 6.29. The summed E-state index contributed by atoms with van der Waals surface area (Å²) in [6.07, 6.45) is 5.62. The van der Waals surface area contributed by atoms with Crippen LogP contribution in [0, 0.1) is 11.8 Å². The van der Waals surface area contributed by atoms with Crippen LogP contribution in [0.4, 0.5) is 0 Å². The summed E-state index contributed by atoms with van der Waals surface area (Å²) in [5.74, 6) is 0.529. The molecule has 3 atom stereocenters. The summed E-state index contributed by atoms with van der Waals surface area (Å²) in [7, 11) is 0. The van der Waals surface area contributed by atoms with Crippen molar-refractivity contribution in [3.8, 4) is 0 Å². The van der Waals surface area contributed by atoms with Crippen LogP contribution in [0.25, 0.3) is 0 Å². The lowest BCUT2D eigenvalue weighted by atomic mass is 9.55. The summed E-state index contributed by atoms with van der Waals surface area (Å²) in [6.45, 7) is 6.05. The minimum atomic E-state index is -0.363. The third-order valence-corrected chi connectivity index (χ3v) is 6.35. The number of rotatable bonds is 0. The van der Waals surface area contributed by atoms with Gasteiger partial charge in [-0.05, 0) is 25.2 Å². The molecule has 4 nitrogen and oxygen atoms in total. The SMILES string of the molecule is C[C@H]1[C@@H]2CCc3c(Cl)ncnc3[C@@]2(C)CCC12OCCO2. The van der Waals surface area contributed by atoms with E-state index in [4.69, 9.17) is 21.1 Å². The van der Waals surface area contributed by atoms with E-state index in [2.05, 4.69) is 23.8 Å². The fraction of sp³-hybridized carbons (Fsp3) is 0.750. The highest BCUT2D eigenvalue weighted by molar-refractivity contribution is 6.30. The first-order valence-corrected chi connectivity index (χ1v) is 8.22. The fourth-order valence-electron chi connectivity index (χ4n) is 4.85. The van der Waals surface area contributed by atoms with Crippen molar-refractivity contribution in [3.63, 3.8) is 0 Å². The van der Waals surface area contributed by atoms with Crippen LogP contribution in [0.15, 0.2) is 6.33 Å². The van der Waals surface area contributed by atoms with E-state index in [1.165, 1.54) is 0 Å². The van der Waals surface area contributed by atoms with E-state index in [0.29, 0.717) is 17.0 Å². The number of hydrogen-bond donors (Lipinski definition) is 0. The summed E-state index contributed by atoms with van der Waals surface area (Å²) in [6, 6.07) is 0. The van der Waals surface area contributed by atoms with Gasteiger partial charge in [-0.3, -0.25) is 0 Å². The standard InChI is InChI=1S/C16H21ClN2O2/c1-10-12-4-3-11-13(18-9-19-14(11)17)15(12,2)5-6-16(10)20-7-8-21-16/h9-10,12H,3-8H2,1-2H3/t10-,12-,15-/m0/s1. The van der Waals surface area contributed by atoms with Gasteiger partial charge in [-0.25, -0.2) is 9.97 Å². The third kappa shape index (κ3) is 1.82. The maximum Gasteiger partial charge on any atom is 0.171 e. The Kier molecular flexibility index (Phi) is 3.08. The van der Waals surface area contributed by atoms with Gasteiger partial charge in [0.1, 0.15) is 11.5 Å². The molecule has 21 heavy (non-hydrogen) atoms. The minimum absolute atomic E-state index is 0.0557. The van der Waals surface area contributed by atoms with E-state index in [1.54, 1.807) is 6.33 Å². The quantitative estimate of drug-likeness (QED) is 0.691. The molecule has 3 aliphatic rings. The largest absolute Gasteiger partial charge is 0.347 e. The normalized spacial score (nSPS) is 37.3. The summed E-state index contributed by atoms with van der Waals surface area (Å²) in [5, 5.41) is 0.626. The molecule has 0 N–H and O–H groups in total. The Labute approximate surface area is 130 Å². The summed E-state index contributed by atoms with van der Waals surface area (Å²) < 4.78 is 12.0. The molecule has 0 aromatic carbocycles. The van der Waals surface area contributed by atoms with Crippen molar-refractivity contribution in [3.05, 3.63) is 22.7 Å². The molecule has 114 valence electrons. The number of fused-ring (bicyclic) bond motifs is 3. The molecular weight excluding hydrogens is 288 g/mol. The van der Waals surface area contributed by atoms with Gasteiger partial charge in [0.05, 0.1) is 18.9 Å². The van der Waals surface area contributed by atoms with E-state index in [0.717, 1.165) is 50.2 Å². The van der Waals surface area contributed by atoms with Crippen LogP contribution in [-0.4, -0.2) is 29.0 Å². The molecule has 0 bridgehead atoms. The predicted molar refractivity (Wildman–Crippen MR) is 79.2 cm³/mol. The van der Waals surface area contributed by atoms with Crippen molar-refractivity contribution in [2.24, 2.45) is 11.8 Å². The van der Waals surface area contributed by atoms with E-state index in [-0.39, 0.29) is 11.2 Å². The molecule has 0 unspecified atom stereocenters. The van der Waals surface area contributed by atoms with Crippen LogP contribution in [0.1, 0.15) is 44.4 Å². The molecule has 0 radical (unpaired) electrons. The fourth-order valence-corrected chi connectivity index (χ4v) is 5.08. The lowest BCUT2D eigenvalue weighted by Crippen LogP contribution is -2.55. The van der Waals surface area contributed by atoms with Crippen molar-refractivity contribution >= 4 is 11.6 Å². The van der Waals surface area contributed by atoms with Crippen molar-refractivity contribution in [1.29, 1.82) is 0 Å². The molecule has 2 fully saturated rings. The Hall–Kier alpha value is -0.710. The number of aromatic nitrogens is 2. The highest BCUT2D eigenvalue weighted by atomic mass is 35.5. The molecule has 5 heteroatoms. The van der Waals surface area contributed by atoms with Crippen LogP contribution in [0.3, 0.4) is 0 Å². The second kappa shape index (κ2) is 4.64. The van der Waals surface area contributed by atoms with Gasteiger partial charge < -0.3 is 9.47 Å².